The summed E-state index contributed by atoms with van der Waals surface area (Å²) in [6.07, 6.45) is 5.56. The lowest BCUT2D eigenvalue weighted by atomic mass is 9.85. The molecule has 1 aliphatic carbocycles. The van der Waals surface area contributed by atoms with Gasteiger partial charge in [-0.2, -0.15) is 0 Å². The smallest absolute Gasteiger partial charge is 0.243 e. The van der Waals surface area contributed by atoms with E-state index in [0.717, 1.165) is 42.5 Å². The molecular formula is C16H19N3O. The summed E-state index contributed by atoms with van der Waals surface area (Å²) in [4.78, 5) is 19.5. The molecule has 2 unspecified atom stereocenters. The van der Waals surface area contributed by atoms with E-state index < -0.39 is 0 Å². The van der Waals surface area contributed by atoms with Crippen LogP contribution in [0.1, 0.15) is 37.4 Å². The Hall–Kier alpha value is -2.10. The van der Waals surface area contributed by atoms with Crippen molar-refractivity contribution in [2.45, 2.75) is 37.6 Å². The summed E-state index contributed by atoms with van der Waals surface area (Å²) in [7, 11) is 0. The zero-order valence-corrected chi connectivity index (χ0v) is 11.4. The Balaban J connectivity index is 1.75. The molecule has 4 nitrogen and oxygen atoms in total. The van der Waals surface area contributed by atoms with E-state index >= 15 is 0 Å². The van der Waals surface area contributed by atoms with Crippen LogP contribution in [0.25, 0.3) is 11.0 Å². The van der Waals surface area contributed by atoms with Crippen molar-refractivity contribution in [2.75, 3.05) is 0 Å². The Morgan fingerprint density at radius 1 is 1.40 bits per heavy atom. The molecule has 0 spiro atoms. The summed E-state index contributed by atoms with van der Waals surface area (Å²) in [5.41, 5.74) is 2.10. The lowest BCUT2D eigenvalue weighted by Gasteiger charge is -2.28. The van der Waals surface area contributed by atoms with Gasteiger partial charge in [-0.1, -0.05) is 25.1 Å². The van der Waals surface area contributed by atoms with E-state index in [2.05, 4.69) is 21.9 Å². The Bertz CT molecular complexity index is 598. The predicted molar refractivity (Wildman–Crippen MR) is 79.4 cm³/mol. The molecule has 1 aliphatic rings. The van der Waals surface area contributed by atoms with E-state index in [1.165, 1.54) is 6.08 Å². The van der Waals surface area contributed by atoms with Gasteiger partial charge >= 0.3 is 0 Å². The van der Waals surface area contributed by atoms with Gasteiger partial charge in [0.2, 0.25) is 5.91 Å². The highest BCUT2D eigenvalue weighted by molar-refractivity contribution is 5.87. The van der Waals surface area contributed by atoms with E-state index in [0.29, 0.717) is 5.92 Å². The predicted octanol–water partition coefficient (Wildman–Crippen LogP) is 2.89. The van der Waals surface area contributed by atoms with Gasteiger partial charge in [0, 0.05) is 12.0 Å². The Morgan fingerprint density at radius 3 is 3.05 bits per heavy atom. The number of para-hydroxylation sites is 2. The molecule has 1 heterocycles. The second-order valence-corrected chi connectivity index (χ2v) is 5.41. The Kier molecular flexibility index (Phi) is 3.54. The highest BCUT2D eigenvalue weighted by Gasteiger charge is 2.25. The number of nitrogens with one attached hydrogen (secondary N) is 2. The molecule has 104 valence electrons. The minimum Gasteiger partial charge on any atom is -0.350 e. The van der Waals surface area contributed by atoms with Crippen molar-refractivity contribution in [1.82, 2.24) is 15.3 Å². The van der Waals surface area contributed by atoms with Gasteiger partial charge < -0.3 is 10.3 Å². The Labute approximate surface area is 118 Å². The first kappa shape index (κ1) is 12.9. The molecule has 2 atom stereocenters. The van der Waals surface area contributed by atoms with E-state index in [-0.39, 0.29) is 11.9 Å². The molecule has 2 N–H and O–H groups in total. The molecule has 2 aromatic rings. The van der Waals surface area contributed by atoms with Crippen molar-refractivity contribution in [3.05, 3.63) is 42.7 Å². The number of benzene rings is 1. The molecule has 3 rings (SSSR count). The van der Waals surface area contributed by atoms with Crippen molar-refractivity contribution in [1.29, 1.82) is 0 Å². The third-order valence-electron chi connectivity index (χ3n) is 4.00. The molecule has 4 heteroatoms. The summed E-state index contributed by atoms with van der Waals surface area (Å²) < 4.78 is 0. The fraction of sp³-hybridized carbons (Fsp3) is 0.375. The molecule has 20 heavy (non-hydrogen) atoms. The quantitative estimate of drug-likeness (QED) is 0.842. The van der Waals surface area contributed by atoms with Crippen LogP contribution >= 0.6 is 0 Å². The van der Waals surface area contributed by atoms with Gasteiger partial charge in [0.25, 0.3) is 0 Å². The number of hydrogen-bond donors (Lipinski definition) is 2. The third-order valence-corrected chi connectivity index (χ3v) is 4.00. The van der Waals surface area contributed by atoms with Gasteiger partial charge in [0.1, 0.15) is 5.82 Å². The molecule has 1 aromatic carbocycles. The largest absolute Gasteiger partial charge is 0.350 e. The van der Waals surface area contributed by atoms with Crippen LogP contribution in [0.3, 0.4) is 0 Å². The summed E-state index contributed by atoms with van der Waals surface area (Å²) in [5.74, 6) is 1.36. The zero-order valence-electron chi connectivity index (χ0n) is 11.4. The van der Waals surface area contributed by atoms with Gasteiger partial charge in [0.15, 0.2) is 0 Å². The highest BCUT2D eigenvalue weighted by Crippen LogP contribution is 2.32. The first-order chi connectivity index (χ1) is 9.76. The number of rotatable bonds is 3. The molecule has 0 aliphatic heterocycles. The van der Waals surface area contributed by atoms with Crippen LogP contribution in [-0.2, 0) is 4.79 Å². The van der Waals surface area contributed by atoms with Gasteiger partial charge in [-0.15, -0.1) is 0 Å². The van der Waals surface area contributed by atoms with E-state index in [1.807, 2.05) is 24.3 Å². The normalized spacial score (nSPS) is 22.6. The summed E-state index contributed by atoms with van der Waals surface area (Å²) in [6, 6.07) is 8.31. The van der Waals surface area contributed by atoms with E-state index in [4.69, 9.17) is 0 Å². The molecular weight excluding hydrogens is 250 g/mol. The third kappa shape index (κ3) is 2.59. The maximum Gasteiger partial charge on any atom is 0.243 e. The molecule has 0 radical (unpaired) electrons. The number of H-pyrrole nitrogens is 1. The van der Waals surface area contributed by atoms with Crippen molar-refractivity contribution in [2.24, 2.45) is 0 Å². The summed E-state index contributed by atoms with van der Waals surface area (Å²) in [5, 5.41) is 3.00. The van der Waals surface area contributed by atoms with Crippen LogP contribution in [0.15, 0.2) is 36.9 Å². The topological polar surface area (TPSA) is 57.8 Å². The minimum absolute atomic E-state index is 0.0831. The number of fused-ring (bicyclic) bond motifs is 1. The van der Waals surface area contributed by atoms with E-state index in [1.54, 1.807) is 0 Å². The molecule has 1 aromatic heterocycles. The van der Waals surface area contributed by atoms with Gasteiger partial charge in [-0.05, 0) is 37.5 Å². The molecule has 0 bridgehead atoms. The lowest BCUT2D eigenvalue weighted by molar-refractivity contribution is -0.117. The number of imidazole rings is 1. The number of carbonyl (C=O) groups is 1. The standard InChI is InChI=1S/C16H19N3O/c1-2-15(20)17-12-7-5-6-11(10-12)16-18-13-8-3-4-9-14(13)19-16/h2-4,8-9,11-12H,1,5-7,10H2,(H,17,20)(H,18,19). The van der Waals surface area contributed by atoms with Gasteiger partial charge in [0.05, 0.1) is 11.0 Å². The average molecular weight is 269 g/mol. The van der Waals surface area contributed by atoms with Crippen LogP contribution in [0, 0.1) is 0 Å². The maximum atomic E-state index is 11.4. The number of hydrogen-bond acceptors (Lipinski definition) is 2. The summed E-state index contributed by atoms with van der Waals surface area (Å²) >= 11 is 0. The second-order valence-electron chi connectivity index (χ2n) is 5.41. The minimum atomic E-state index is -0.0831. The van der Waals surface area contributed by atoms with Crippen LogP contribution in [0.4, 0.5) is 0 Å². The first-order valence-electron chi connectivity index (χ1n) is 7.14. The van der Waals surface area contributed by atoms with E-state index in [9.17, 15) is 4.79 Å². The van der Waals surface area contributed by atoms with Crippen molar-refractivity contribution in [3.63, 3.8) is 0 Å². The fourth-order valence-electron chi connectivity index (χ4n) is 3.00. The van der Waals surface area contributed by atoms with Crippen molar-refractivity contribution >= 4 is 16.9 Å². The lowest BCUT2D eigenvalue weighted by Crippen LogP contribution is -2.37. The van der Waals surface area contributed by atoms with Crippen LogP contribution in [0.2, 0.25) is 0 Å². The van der Waals surface area contributed by atoms with Crippen LogP contribution in [-0.4, -0.2) is 21.9 Å². The Morgan fingerprint density at radius 2 is 2.25 bits per heavy atom. The van der Waals surface area contributed by atoms with Crippen LogP contribution < -0.4 is 5.32 Å². The molecule has 0 saturated heterocycles. The number of aromatic amines is 1. The number of aromatic nitrogens is 2. The monoisotopic (exact) mass is 269 g/mol. The number of nitrogens with zero attached hydrogens (tertiary/aromatic N) is 1. The maximum absolute atomic E-state index is 11.4. The SMILES string of the molecule is C=CC(=O)NC1CCCC(c2nc3ccccc3[nH]2)C1. The molecule has 1 saturated carbocycles. The number of carbonyl (C=O) groups excluding carboxylic acids is 1. The second kappa shape index (κ2) is 5.49. The zero-order chi connectivity index (χ0) is 13.9. The average Bonchev–Trinajstić information content (AvgIpc) is 2.91. The fourth-order valence-corrected chi connectivity index (χ4v) is 3.00. The number of amides is 1. The van der Waals surface area contributed by atoms with Gasteiger partial charge in [-0.3, -0.25) is 4.79 Å². The first-order valence-corrected chi connectivity index (χ1v) is 7.14. The van der Waals surface area contributed by atoms with Crippen molar-refractivity contribution < 1.29 is 4.79 Å². The van der Waals surface area contributed by atoms with Gasteiger partial charge in [-0.25, -0.2) is 4.98 Å². The molecule has 1 amide bonds. The molecule has 1 fully saturated rings. The van der Waals surface area contributed by atoms with Crippen molar-refractivity contribution in [3.8, 4) is 0 Å². The highest BCUT2D eigenvalue weighted by atomic mass is 16.1. The van der Waals surface area contributed by atoms with Crippen LogP contribution in [0.5, 0.6) is 0 Å². The summed E-state index contributed by atoms with van der Waals surface area (Å²) in [6.45, 7) is 3.50.